The zero-order valence-electron chi connectivity index (χ0n) is 16.3. The molecule has 1 atom stereocenters. The van der Waals surface area contributed by atoms with Crippen LogP contribution in [0.15, 0.2) is 43.0 Å². The van der Waals surface area contributed by atoms with Crippen LogP contribution in [0.1, 0.15) is 37.3 Å². The lowest BCUT2D eigenvalue weighted by atomic mass is 9.98. The van der Waals surface area contributed by atoms with Crippen molar-refractivity contribution in [3.8, 4) is 0 Å². The third-order valence-electron chi connectivity index (χ3n) is 5.02. The van der Waals surface area contributed by atoms with E-state index in [0.29, 0.717) is 19.5 Å². The number of rotatable bonds is 8. The maximum atomic E-state index is 12.5. The first-order chi connectivity index (χ1) is 13.5. The van der Waals surface area contributed by atoms with Crippen molar-refractivity contribution in [2.45, 2.75) is 39.3 Å². The lowest BCUT2D eigenvalue weighted by molar-refractivity contribution is -0.126. The van der Waals surface area contributed by atoms with Crippen LogP contribution in [0.25, 0.3) is 0 Å². The van der Waals surface area contributed by atoms with Gasteiger partial charge >= 0.3 is 0 Å². The van der Waals surface area contributed by atoms with E-state index in [9.17, 15) is 13.2 Å². The number of hydrogen-bond donors (Lipinski definition) is 1. The third-order valence-corrected chi connectivity index (χ3v) is 7.07. The number of nitrogens with one attached hydrogen (secondary N) is 1. The van der Waals surface area contributed by atoms with E-state index < -0.39 is 10.0 Å². The zero-order chi connectivity index (χ0) is 20.0. The Bertz CT molecular complexity index is 863. The Kier molecular flexibility index (Phi) is 6.85. The van der Waals surface area contributed by atoms with E-state index in [4.69, 9.17) is 0 Å². The number of piperidine rings is 1. The molecule has 0 saturated carbocycles. The second-order valence-corrected chi connectivity index (χ2v) is 9.37. The van der Waals surface area contributed by atoms with E-state index in [0.717, 1.165) is 30.5 Å². The molecule has 1 fully saturated rings. The fourth-order valence-corrected chi connectivity index (χ4v) is 5.07. The van der Waals surface area contributed by atoms with Crippen molar-refractivity contribution in [3.05, 3.63) is 54.1 Å². The predicted octanol–water partition coefficient (Wildman–Crippen LogP) is 2.00. The normalized spacial score (nSPS) is 18.1. The Morgan fingerprint density at radius 2 is 2.00 bits per heavy atom. The number of benzene rings is 1. The molecule has 152 valence electrons. The van der Waals surface area contributed by atoms with Crippen molar-refractivity contribution in [2.24, 2.45) is 5.92 Å². The second kappa shape index (κ2) is 9.34. The van der Waals surface area contributed by atoms with Crippen LogP contribution >= 0.6 is 0 Å². The first-order valence-corrected chi connectivity index (χ1v) is 11.4. The highest BCUT2D eigenvalue weighted by Crippen LogP contribution is 2.20. The molecule has 1 aliphatic heterocycles. The number of nitrogens with zero attached hydrogens (tertiary/aromatic N) is 3. The summed E-state index contributed by atoms with van der Waals surface area (Å²) in [5, 5.41) is 2.96. The quantitative estimate of drug-likeness (QED) is 0.729. The fraction of sp³-hybridized carbons (Fsp3) is 0.500. The summed E-state index contributed by atoms with van der Waals surface area (Å²) < 4.78 is 28.0. The van der Waals surface area contributed by atoms with Gasteiger partial charge in [0.25, 0.3) is 0 Å². The molecule has 2 heterocycles. The summed E-state index contributed by atoms with van der Waals surface area (Å²) in [6.45, 7) is 3.87. The summed E-state index contributed by atoms with van der Waals surface area (Å²) in [5.41, 5.74) is 2.19. The molecule has 0 bridgehead atoms. The summed E-state index contributed by atoms with van der Waals surface area (Å²) in [6.07, 6.45) is 7.50. The smallest absolute Gasteiger partial charge is 0.224 e. The van der Waals surface area contributed by atoms with Gasteiger partial charge in [-0.3, -0.25) is 4.79 Å². The average Bonchev–Trinajstić information content (AvgIpc) is 3.20. The number of aromatic nitrogens is 2. The number of carbonyl (C=O) groups excluding carboxylic acids is 1. The highest BCUT2D eigenvalue weighted by Gasteiger charge is 2.31. The molecule has 8 heteroatoms. The molecular weight excluding hydrogens is 376 g/mol. The van der Waals surface area contributed by atoms with Crippen LogP contribution in [-0.4, -0.2) is 47.0 Å². The van der Waals surface area contributed by atoms with Crippen LogP contribution in [-0.2, 0) is 27.9 Å². The summed E-state index contributed by atoms with van der Waals surface area (Å²) in [6, 6.07) is 8.10. The molecule has 1 aliphatic rings. The number of carbonyl (C=O) groups is 1. The summed E-state index contributed by atoms with van der Waals surface area (Å²) in [4.78, 5) is 16.6. The number of sulfonamides is 1. The van der Waals surface area contributed by atoms with Crippen molar-refractivity contribution >= 4 is 15.9 Å². The van der Waals surface area contributed by atoms with Gasteiger partial charge in [-0.1, -0.05) is 31.2 Å². The largest absolute Gasteiger partial charge is 0.352 e. The molecule has 1 aromatic heterocycles. The van der Waals surface area contributed by atoms with Crippen LogP contribution in [0.4, 0.5) is 0 Å². The van der Waals surface area contributed by atoms with Gasteiger partial charge in [-0.15, -0.1) is 0 Å². The van der Waals surface area contributed by atoms with E-state index in [-0.39, 0.29) is 24.1 Å². The Morgan fingerprint density at radius 3 is 2.68 bits per heavy atom. The Labute approximate surface area is 166 Å². The van der Waals surface area contributed by atoms with Gasteiger partial charge in [0, 0.05) is 38.6 Å². The lowest BCUT2D eigenvalue weighted by Crippen LogP contribution is -2.45. The number of hydrogen-bond acceptors (Lipinski definition) is 4. The summed E-state index contributed by atoms with van der Waals surface area (Å²) in [5.74, 6) is -0.202. The molecule has 0 unspecified atom stereocenters. The Morgan fingerprint density at radius 1 is 1.25 bits per heavy atom. The molecular formula is C20H28N4O3S. The highest BCUT2D eigenvalue weighted by molar-refractivity contribution is 7.89. The van der Waals surface area contributed by atoms with Crippen LogP contribution in [0.2, 0.25) is 0 Å². The first-order valence-electron chi connectivity index (χ1n) is 9.77. The van der Waals surface area contributed by atoms with E-state index in [1.807, 2.05) is 42.0 Å². The van der Waals surface area contributed by atoms with Gasteiger partial charge in [-0.2, -0.15) is 0 Å². The van der Waals surface area contributed by atoms with Gasteiger partial charge in [-0.25, -0.2) is 17.7 Å². The van der Waals surface area contributed by atoms with E-state index in [2.05, 4.69) is 10.3 Å². The molecule has 1 amide bonds. The van der Waals surface area contributed by atoms with Crippen molar-refractivity contribution in [1.29, 1.82) is 0 Å². The molecule has 0 radical (unpaired) electrons. The van der Waals surface area contributed by atoms with Crippen LogP contribution in [0.3, 0.4) is 0 Å². The van der Waals surface area contributed by atoms with Crippen molar-refractivity contribution in [2.75, 3.05) is 18.8 Å². The number of amides is 1. The molecule has 28 heavy (non-hydrogen) atoms. The zero-order valence-corrected chi connectivity index (χ0v) is 17.1. The molecule has 1 saturated heterocycles. The molecule has 1 aromatic carbocycles. The summed E-state index contributed by atoms with van der Waals surface area (Å²) >= 11 is 0. The molecule has 1 N–H and O–H groups in total. The molecule has 2 aromatic rings. The predicted molar refractivity (Wildman–Crippen MR) is 108 cm³/mol. The lowest BCUT2D eigenvalue weighted by Gasteiger charge is -2.31. The molecule has 7 nitrogen and oxygen atoms in total. The van der Waals surface area contributed by atoms with Gasteiger partial charge in [0.05, 0.1) is 18.0 Å². The molecule has 3 rings (SSSR count). The van der Waals surface area contributed by atoms with Crippen LogP contribution < -0.4 is 5.32 Å². The third kappa shape index (κ3) is 5.42. The van der Waals surface area contributed by atoms with Crippen LogP contribution in [0, 0.1) is 5.92 Å². The Hall–Kier alpha value is -2.19. The SMILES string of the molecule is CCCS(=O)(=O)N1CCC[C@@H](C(=O)NCc2ccc(Cn3ccnc3)cc2)C1. The minimum absolute atomic E-state index is 0.0705. The Balaban J connectivity index is 1.50. The fourth-order valence-electron chi connectivity index (χ4n) is 3.48. The number of imidazole rings is 1. The van der Waals surface area contributed by atoms with Gasteiger partial charge in [0.2, 0.25) is 15.9 Å². The van der Waals surface area contributed by atoms with Crippen molar-refractivity contribution < 1.29 is 13.2 Å². The molecule has 0 spiro atoms. The topological polar surface area (TPSA) is 84.3 Å². The van der Waals surface area contributed by atoms with Gasteiger partial charge in [0.15, 0.2) is 0 Å². The van der Waals surface area contributed by atoms with Gasteiger partial charge in [0.1, 0.15) is 0 Å². The first kappa shape index (κ1) is 20.5. The van der Waals surface area contributed by atoms with Crippen LogP contribution in [0.5, 0.6) is 0 Å². The minimum atomic E-state index is -3.25. The monoisotopic (exact) mass is 404 g/mol. The highest BCUT2D eigenvalue weighted by atomic mass is 32.2. The second-order valence-electron chi connectivity index (χ2n) is 7.28. The van der Waals surface area contributed by atoms with Gasteiger partial charge in [-0.05, 0) is 30.4 Å². The maximum Gasteiger partial charge on any atom is 0.224 e. The van der Waals surface area contributed by atoms with E-state index in [1.54, 1.807) is 12.5 Å². The standard InChI is InChI=1S/C20H28N4O3S/c1-2-12-28(26,27)24-10-3-4-19(15-24)20(25)22-13-17-5-7-18(8-6-17)14-23-11-9-21-16-23/h5-9,11,16,19H,2-4,10,12-15H2,1H3,(H,22,25)/t19-/m1/s1. The average molecular weight is 405 g/mol. The van der Waals surface area contributed by atoms with Crippen molar-refractivity contribution in [3.63, 3.8) is 0 Å². The van der Waals surface area contributed by atoms with E-state index in [1.165, 1.54) is 4.31 Å². The minimum Gasteiger partial charge on any atom is -0.352 e. The van der Waals surface area contributed by atoms with E-state index >= 15 is 0 Å². The summed E-state index contributed by atoms with van der Waals surface area (Å²) in [7, 11) is -3.25. The molecule has 0 aliphatic carbocycles. The van der Waals surface area contributed by atoms with Gasteiger partial charge < -0.3 is 9.88 Å². The van der Waals surface area contributed by atoms with Crippen molar-refractivity contribution in [1.82, 2.24) is 19.2 Å². The maximum absolute atomic E-state index is 12.5.